The number of alkyl halides is 17. The van der Waals surface area contributed by atoms with Crippen molar-refractivity contribution >= 4 is 5.97 Å². The van der Waals surface area contributed by atoms with E-state index < -0.39 is 65.5 Å². The van der Waals surface area contributed by atoms with Gasteiger partial charge in [0, 0.05) is 0 Å². The minimum atomic E-state index is -8.78. The molecule has 0 fully saturated rings. The van der Waals surface area contributed by atoms with Crippen LogP contribution in [0.25, 0.3) is 0 Å². The third-order valence-corrected chi connectivity index (χ3v) is 3.68. The van der Waals surface area contributed by atoms with Gasteiger partial charge in [0.1, 0.15) is 0 Å². The highest BCUT2D eigenvalue weighted by molar-refractivity contribution is 5.88. The zero-order valence-electron chi connectivity index (χ0n) is 15.0. The van der Waals surface area contributed by atoms with Crippen molar-refractivity contribution in [3.63, 3.8) is 0 Å². The van der Waals surface area contributed by atoms with E-state index in [1.165, 1.54) is 0 Å². The summed E-state index contributed by atoms with van der Waals surface area (Å²) < 4.78 is 223. The predicted molar refractivity (Wildman–Crippen MR) is 67.6 cm³/mol. The molecule has 0 aliphatic rings. The number of aliphatic hydroxyl groups excluding tert-OH is 1. The highest BCUT2D eigenvalue weighted by Crippen LogP contribution is 2.64. The van der Waals surface area contributed by atoms with E-state index in [4.69, 9.17) is 5.11 Å². The van der Waals surface area contributed by atoms with E-state index >= 15 is 0 Å². The summed E-state index contributed by atoms with van der Waals surface area (Å²) in [5.74, 6) is -54.2. The van der Waals surface area contributed by atoms with E-state index in [1.54, 1.807) is 0 Å². The van der Waals surface area contributed by atoms with Crippen LogP contribution in [-0.2, 0) is 9.53 Å². The molecule has 0 aliphatic heterocycles. The van der Waals surface area contributed by atoms with Gasteiger partial charge in [-0.2, -0.15) is 74.6 Å². The summed E-state index contributed by atoms with van der Waals surface area (Å²) in [7, 11) is 0. The Hall–Kier alpha value is -2.02. The summed E-state index contributed by atoms with van der Waals surface area (Å²) in [6.07, 6.45) is -17.4. The Morgan fingerprint density at radius 3 is 1.18 bits per heavy atom. The molecule has 0 radical (unpaired) electrons. The first kappa shape index (κ1) is 31.0. The Morgan fingerprint density at radius 2 is 0.909 bits per heavy atom. The fourth-order valence-corrected chi connectivity index (χ4v) is 1.57. The Balaban J connectivity index is 6.64. The number of carbonyl (C=O) groups excluding carboxylic acids is 1. The van der Waals surface area contributed by atoms with Crippen LogP contribution >= 0.6 is 0 Å². The second-order valence-electron chi connectivity index (χ2n) is 6.05. The molecule has 0 aliphatic carbocycles. The van der Waals surface area contributed by atoms with E-state index in [0.717, 1.165) is 0 Å². The van der Waals surface area contributed by atoms with Gasteiger partial charge in [-0.1, -0.05) is 6.58 Å². The monoisotopic (exact) mass is 534 g/mol. The molecule has 0 amide bonds. The lowest BCUT2D eigenvalue weighted by Crippen LogP contribution is -2.74. The molecule has 0 aromatic carbocycles. The summed E-state index contributed by atoms with van der Waals surface area (Å²) >= 11 is 0. The molecule has 0 aromatic heterocycles. The molecule has 20 heteroatoms. The van der Waals surface area contributed by atoms with Gasteiger partial charge in [-0.3, -0.25) is 0 Å². The SMILES string of the molecule is C=C(C(=O)OC(F)(F)C(F)(F)C(F)(F)C(F)(F)C(F)(F)C(F)(F)C(F)(F)C(F)(F)F)C(C)O. The Morgan fingerprint density at radius 1 is 0.636 bits per heavy atom. The molecule has 33 heavy (non-hydrogen) atoms. The number of carbonyl (C=O) groups is 1. The molecule has 0 spiro atoms. The Bertz CT molecular complexity index is 765. The second-order valence-corrected chi connectivity index (χ2v) is 6.05. The van der Waals surface area contributed by atoms with Gasteiger partial charge in [0.05, 0.1) is 11.7 Å². The van der Waals surface area contributed by atoms with E-state index in [2.05, 4.69) is 11.3 Å². The maximum atomic E-state index is 13.4. The molecule has 3 nitrogen and oxygen atoms in total. The highest BCUT2D eigenvalue weighted by atomic mass is 19.4. The van der Waals surface area contributed by atoms with Crippen molar-refractivity contribution < 1.29 is 89.3 Å². The van der Waals surface area contributed by atoms with Crippen molar-refractivity contribution in [3.05, 3.63) is 12.2 Å². The summed E-state index contributed by atoms with van der Waals surface area (Å²) in [5.41, 5.74) is -1.65. The fourth-order valence-electron chi connectivity index (χ4n) is 1.57. The molecule has 0 aromatic rings. The molecule has 196 valence electrons. The van der Waals surface area contributed by atoms with Gasteiger partial charge >= 0.3 is 53.8 Å². The number of ether oxygens (including phenoxy) is 1. The average molecular weight is 534 g/mol. The van der Waals surface area contributed by atoms with Crippen molar-refractivity contribution in [1.29, 1.82) is 0 Å². The normalized spacial score (nSPS) is 16.5. The largest absolute Gasteiger partial charge is 0.473 e. The van der Waals surface area contributed by atoms with Crippen LogP contribution in [0.5, 0.6) is 0 Å². The minimum absolute atomic E-state index is 0.492. The summed E-state index contributed by atoms with van der Waals surface area (Å²) in [6.45, 7) is 2.90. The molecular weight excluding hydrogens is 527 g/mol. The van der Waals surface area contributed by atoms with Crippen molar-refractivity contribution in [2.75, 3.05) is 0 Å². The maximum absolute atomic E-state index is 13.4. The van der Waals surface area contributed by atoms with Crippen LogP contribution in [0.1, 0.15) is 6.92 Å². The highest BCUT2D eigenvalue weighted by Gasteiger charge is 2.95. The van der Waals surface area contributed by atoms with Gasteiger partial charge in [0.2, 0.25) is 0 Å². The Kier molecular flexibility index (Phi) is 7.54. The van der Waals surface area contributed by atoms with Crippen LogP contribution in [0.2, 0.25) is 0 Å². The molecule has 1 atom stereocenters. The lowest BCUT2D eigenvalue weighted by atomic mass is 9.90. The fraction of sp³-hybridized carbons (Fsp3) is 0.769. The molecule has 0 bridgehead atoms. The topological polar surface area (TPSA) is 46.5 Å². The lowest BCUT2D eigenvalue weighted by molar-refractivity contribution is -0.473. The van der Waals surface area contributed by atoms with E-state index in [9.17, 15) is 79.4 Å². The molecule has 1 N–H and O–H groups in total. The van der Waals surface area contributed by atoms with Gasteiger partial charge in [0.25, 0.3) is 0 Å². The van der Waals surface area contributed by atoms with E-state index in [-0.39, 0.29) is 0 Å². The van der Waals surface area contributed by atoms with Gasteiger partial charge in [0.15, 0.2) is 0 Å². The third-order valence-electron chi connectivity index (χ3n) is 3.68. The van der Waals surface area contributed by atoms with Crippen LogP contribution < -0.4 is 0 Å². The average Bonchev–Trinajstić information content (AvgIpc) is 2.58. The number of esters is 1. The van der Waals surface area contributed by atoms with Crippen molar-refractivity contribution in [3.8, 4) is 0 Å². The van der Waals surface area contributed by atoms with Gasteiger partial charge in [-0.25, -0.2) is 4.79 Å². The predicted octanol–water partition coefficient (Wildman–Crippen LogP) is 5.43. The van der Waals surface area contributed by atoms with Gasteiger partial charge in [-0.05, 0) is 6.92 Å². The zero-order chi connectivity index (χ0) is 27.4. The van der Waals surface area contributed by atoms with Crippen LogP contribution in [0.3, 0.4) is 0 Å². The van der Waals surface area contributed by atoms with Gasteiger partial charge in [-0.15, -0.1) is 0 Å². The molecule has 0 rings (SSSR count). The summed E-state index contributed by atoms with van der Waals surface area (Å²) in [4.78, 5) is 11.0. The maximum Gasteiger partial charge on any atom is 0.473 e. The first-order valence-corrected chi connectivity index (χ1v) is 7.30. The molecule has 0 saturated heterocycles. The van der Waals surface area contributed by atoms with Crippen LogP contribution in [-0.4, -0.2) is 65.0 Å². The first-order valence-electron chi connectivity index (χ1n) is 7.30. The number of rotatable bonds is 9. The quantitative estimate of drug-likeness (QED) is 0.244. The number of hydrogen-bond donors (Lipinski definition) is 1. The van der Waals surface area contributed by atoms with Crippen LogP contribution in [0.15, 0.2) is 12.2 Å². The zero-order valence-corrected chi connectivity index (χ0v) is 15.0. The molecule has 0 heterocycles. The van der Waals surface area contributed by atoms with Crippen LogP contribution in [0.4, 0.5) is 74.6 Å². The first-order chi connectivity index (χ1) is 14.0. The van der Waals surface area contributed by atoms with E-state index in [1.807, 2.05) is 0 Å². The van der Waals surface area contributed by atoms with Gasteiger partial charge < -0.3 is 9.84 Å². The number of halogens is 17. The Labute approximate surface area is 169 Å². The van der Waals surface area contributed by atoms with Crippen molar-refractivity contribution in [2.24, 2.45) is 0 Å². The number of hydrogen-bond acceptors (Lipinski definition) is 3. The van der Waals surface area contributed by atoms with E-state index in [0.29, 0.717) is 6.92 Å². The smallest absolute Gasteiger partial charge is 0.392 e. The van der Waals surface area contributed by atoms with Crippen molar-refractivity contribution in [2.45, 2.75) is 60.8 Å². The molecule has 0 saturated carbocycles. The standard InChI is InChI=1S/C13H7F17O3/c1-3(4(2)31)5(32)33-13(29,30)11(24,25)9(20,21)7(16,17)6(14,15)8(18,19)10(22,23)12(26,27)28/h4,31H,1H2,2H3. The van der Waals surface area contributed by atoms with Crippen molar-refractivity contribution in [1.82, 2.24) is 0 Å². The molecular formula is C13H7F17O3. The number of aliphatic hydroxyl groups is 1. The molecule has 1 unspecified atom stereocenters. The third kappa shape index (κ3) is 4.29. The minimum Gasteiger partial charge on any atom is -0.392 e. The summed E-state index contributed by atoms with van der Waals surface area (Å²) in [6, 6.07) is 0. The lowest BCUT2D eigenvalue weighted by Gasteiger charge is -2.42. The van der Waals surface area contributed by atoms with Crippen LogP contribution in [0, 0.1) is 0 Å². The second kappa shape index (κ2) is 8.03. The summed E-state index contributed by atoms with van der Waals surface area (Å²) in [5, 5.41) is 8.77.